The molecule has 33 heavy (non-hydrogen) atoms. The highest BCUT2D eigenvalue weighted by atomic mass is 127. The zero-order chi connectivity index (χ0) is 22.8. The summed E-state index contributed by atoms with van der Waals surface area (Å²) in [6.07, 6.45) is 1.12. The highest BCUT2D eigenvalue weighted by molar-refractivity contribution is 14.0. The smallest absolute Gasteiger partial charge is 0.191 e. The van der Waals surface area contributed by atoms with Crippen molar-refractivity contribution in [3.63, 3.8) is 0 Å². The van der Waals surface area contributed by atoms with Gasteiger partial charge in [0.1, 0.15) is 11.5 Å². The van der Waals surface area contributed by atoms with Crippen molar-refractivity contribution in [1.29, 1.82) is 0 Å². The van der Waals surface area contributed by atoms with Gasteiger partial charge in [-0.2, -0.15) is 0 Å². The molecule has 2 aliphatic heterocycles. The average Bonchev–Trinajstić information content (AvgIpc) is 3.25. The Kier molecular flexibility index (Phi) is 12.6. The van der Waals surface area contributed by atoms with E-state index in [-0.39, 0.29) is 24.0 Å². The molecule has 0 saturated carbocycles. The summed E-state index contributed by atoms with van der Waals surface area (Å²) in [5, 5.41) is 7.07. The van der Waals surface area contributed by atoms with Crippen LogP contribution in [0.1, 0.15) is 25.8 Å². The van der Waals surface area contributed by atoms with Crippen molar-refractivity contribution in [2.45, 2.75) is 32.9 Å². The standard InChI is InChI=1S/C24H42N6O2.HI/c1-5-25-24(26-8-10-29-13-11-28(6-2)12-14-29)27-21-7-9-30(19-21)18-20-15-22(31-3)17-23(16-20)32-4;/h15-17,21H,5-14,18-19H2,1-4H3,(H2,25,26,27);1H. The van der Waals surface area contributed by atoms with Crippen LogP contribution in [0.5, 0.6) is 11.5 Å². The van der Waals surface area contributed by atoms with E-state index in [4.69, 9.17) is 14.5 Å². The van der Waals surface area contributed by atoms with Crippen molar-refractivity contribution in [3.8, 4) is 11.5 Å². The van der Waals surface area contributed by atoms with Crippen LogP contribution in [-0.4, -0.2) is 106 Å². The molecule has 9 heteroatoms. The van der Waals surface area contributed by atoms with Crippen molar-refractivity contribution < 1.29 is 9.47 Å². The summed E-state index contributed by atoms with van der Waals surface area (Å²) in [5.41, 5.74) is 1.21. The first-order valence-corrected chi connectivity index (χ1v) is 12.1. The van der Waals surface area contributed by atoms with Gasteiger partial charge in [0.15, 0.2) is 5.96 Å². The lowest BCUT2D eigenvalue weighted by atomic mass is 10.2. The molecule has 2 fully saturated rings. The summed E-state index contributed by atoms with van der Waals surface area (Å²) in [7, 11) is 3.39. The van der Waals surface area contributed by atoms with Crippen LogP contribution < -0.4 is 20.1 Å². The molecule has 0 radical (unpaired) electrons. The number of ether oxygens (including phenoxy) is 2. The maximum Gasteiger partial charge on any atom is 0.191 e. The van der Waals surface area contributed by atoms with E-state index in [0.29, 0.717) is 6.04 Å². The molecule has 1 unspecified atom stereocenters. The molecule has 188 valence electrons. The number of rotatable bonds is 10. The fourth-order valence-corrected chi connectivity index (χ4v) is 4.46. The Hall–Kier alpha value is -1.30. The minimum atomic E-state index is 0. The van der Waals surface area contributed by atoms with E-state index in [9.17, 15) is 0 Å². The van der Waals surface area contributed by atoms with Gasteiger partial charge in [-0.1, -0.05) is 6.92 Å². The third-order valence-electron chi connectivity index (χ3n) is 6.37. The summed E-state index contributed by atoms with van der Waals surface area (Å²) in [5.74, 6) is 2.62. The molecular weight excluding hydrogens is 531 g/mol. The quantitative estimate of drug-likeness (QED) is 0.252. The van der Waals surface area contributed by atoms with Gasteiger partial charge in [0.05, 0.1) is 20.8 Å². The van der Waals surface area contributed by atoms with Crippen LogP contribution in [-0.2, 0) is 6.54 Å². The van der Waals surface area contributed by atoms with Crippen molar-refractivity contribution >= 4 is 29.9 Å². The lowest BCUT2D eigenvalue weighted by Crippen LogP contribution is -2.47. The molecule has 1 aromatic carbocycles. The van der Waals surface area contributed by atoms with Gasteiger partial charge < -0.3 is 25.0 Å². The Balaban J connectivity index is 0.00000385. The molecule has 2 saturated heterocycles. The fraction of sp³-hybridized carbons (Fsp3) is 0.708. The molecule has 2 aliphatic rings. The van der Waals surface area contributed by atoms with Gasteiger partial charge in [-0.3, -0.25) is 14.8 Å². The van der Waals surface area contributed by atoms with Crippen LogP contribution >= 0.6 is 24.0 Å². The minimum Gasteiger partial charge on any atom is -0.497 e. The lowest BCUT2D eigenvalue weighted by molar-refractivity contribution is 0.140. The van der Waals surface area contributed by atoms with E-state index in [1.807, 2.05) is 6.07 Å². The Morgan fingerprint density at radius 1 is 0.970 bits per heavy atom. The number of nitrogens with zero attached hydrogens (tertiary/aromatic N) is 4. The van der Waals surface area contributed by atoms with E-state index in [2.05, 4.69) is 51.3 Å². The minimum absolute atomic E-state index is 0. The molecule has 8 nitrogen and oxygen atoms in total. The monoisotopic (exact) mass is 574 g/mol. The number of nitrogens with one attached hydrogen (secondary N) is 2. The average molecular weight is 575 g/mol. The second-order valence-corrected chi connectivity index (χ2v) is 8.62. The van der Waals surface area contributed by atoms with Crippen LogP contribution in [0.25, 0.3) is 0 Å². The molecular formula is C24H43IN6O2. The third kappa shape index (κ3) is 9.11. The summed E-state index contributed by atoms with van der Waals surface area (Å²) in [6.45, 7) is 15.9. The predicted octanol–water partition coefficient (Wildman–Crippen LogP) is 2.09. The molecule has 3 rings (SSSR count). The van der Waals surface area contributed by atoms with Crippen molar-refractivity contribution in [2.24, 2.45) is 4.99 Å². The largest absolute Gasteiger partial charge is 0.497 e. The highest BCUT2D eigenvalue weighted by Gasteiger charge is 2.23. The van der Waals surface area contributed by atoms with E-state index < -0.39 is 0 Å². The van der Waals surface area contributed by atoms with Crippen molar-refractivity contribution in [1.82, 2.24) is 25.3 Å². The first-order chi connectivity index (χ1) is 15.6. The number of hydrogen-bond acceptors (Lipinski definition) is 6. The molecule has 0 aromatic heterocycles. The second kappa shape index (κ2) is 14.9. The van der Waals surface area contributed by atoms with Crippen molar-refractivity contribution in [2.75, 3.05) is 79.7 Å². The summed E-state index contributed by atoms with van der Waals surface area (Å²) < 4.78 is 10.8. The first kappa shape index (κ1) is 27.9. The number of piperazine rings is 1. The Labute approximate surface area is 217 Å². The molecule has 2 heterocycles. The number of halogens is 1. The Morgan fingerprint density at radius 2 is 1.64 bits per heavy atom. The van der Waals surface area contributed by atoms with Gasteiger partial charge in [0.2, 0.25) is 0 Å². The second-order valence-electron chi connectivity index (χ2n) is 8.62. The summed E-state index contributed by atoms with van der Waals surface area (Å²) in [6, 6.07) is 6.51. The van der Waals surface area contributed by atoms with E-state index >= 15 is 0 Å². The third-order valence-corrected chi connectivity index (χ3v) is 6.37. The number of methoxy groups -OCH3 is 2. The van der Waals surface area contributed by atoms with Gasteiger partial charge in [0, 0.05) is 71.0 Å². The predicted molar refractivity (Wildman–Crippen MR) is 146 cm³/mol. The van der Waals surface area contributed by atoms with Crippen LogP contribution in [0, 0.1) is 0 Å². The number of guanidine groups is 1. The van der Waals surface area contributed by atoms with Crippen LogP contribution in [0.3, 0.4) is 0 Å². The van der Waals surface area contributed by atoms with Gasteiger partial charge in [0.25, 0.3) is 0 Å². The van der Waals surface area contributed by atoms with Crippen LogP contribution in [0.2, 0.25) is 0 Å². The highest BCUT2D eigenvalue weighted by Crippen LogP contribution is 2.24. The molecule has 0 spiro atoms. The fourth-order valence-electron chi connectivity index (χ4n) is 4.46. The molecule has 1 aromatic rings. The molecule has 0 amide bonds. The number of benzene rings is 1. The maximum atomic E-state index is 5.41. The number of likely N-dealkylation sites (tertiary alicyclic amines) is 1. The maximum absolute atomic E-state index is 5.41. The molecule has 2 N–H and O–H groups in total. The van der Waals surface area contributed by atoms with Crippen LogP contribution in [0.4, 0.5) is 0 Å². The van der Waals surface area contributed by atoms with E-state index in [1.165, 1.54) is 18.7 Å². The van der Waals surface area contributed by atoms with Gasteiger partial charge in [-0.25, -0.2) is 0 Å². The lowest BCUT2D eigenvalue weighted by Gasteiger charge is -2.33. The number of hydrogen-bond donors (Lipinski definition) is 2. The topological polar surface area (TPSA) is 64.6 Å². The number of likely N-dealkylation sites (N-methyl/N-ethyl adjacent to an activating group) is 1. The Bertz CT molecular complexity index is 705. The SMILES string of the molecule is CCNC(=NCCN1CCN(CC)CC1)NC1CCN(Cc2cc(OC)cc(OC)c2)C1.I. The molecule has 0 aliphatic carbocycles. The van der Waals surface area contributed by atoms with Gasteiger partial charge >= 0.3 is 0 Å². The number of aliphatic imine (C=N–C) groups is 1. The van der Waals surface area contributed by atoms with Crippen molar-refractivity contribution in [3.05, 3.63) is 23.8 Å². The zero-order valence-electron chi connectivity index (χ0n) is 20.8. The summed E-state index contributed by atoms with van der Waals surface area (Å²) in [4.78, 5) is 12.4. The van der Waals surface area contributed by atoms with Gasteiger partial charge in [-0.05, 0) is 37.6 Å². The normalized spacial score (nSPS) is 20.4. The van der Waals surface area contributed by atoms with E-state index in [1.54, 1.807) is 14.2 Å². The molecule has 0 bridgehead atoms. The zero-order valence-corrected chi connectivity index (χ0v) is 23.1. The molecule has 1 atom stereocenters. The summed E-state index contributed by atoms with van der Waals surface area (Å²) >= 11 is 0. The van der Waals surface area contributed by atoms with Gasteiger partial charge in [-0.15, -0.1) is 24.0 Å². The first-order valence-electron chi connectivity index (χ1n) is 12.1. The Morgan fingerprint density at radius 3 is 2.24 bits per heavy atom. The van der Waals surface area contributed by atoms with E-state index in [0.717, 1.165) is 82.8 Å². The van der Waals surface area contributed by atoms with Crippen LogP contribution in [0.15, 0.2) is 23.2 Å².